The summed E-state index contributed by atoms with van der Waals surface area (Å²) in [6.07, 6.45) is 2.81. The zero-order valence-corrected chi connectivity index (χ0v) is 24.6. The van der Waals surface area contributed by atoms with Crippen molar-refractivity contribution in [2.45, 2.75) is 44.4 Å². The molecule has 0 aliphatic rings. The second-order valence-electron chi connectivity index (χ2n) is 9.08. The number of hydrogen-bond acceptors (Lipinski definition) is 6. The zero-order valence-electron chi connectivity index (χ0n) is 22.2. The number of rotatable bonds is 16. The monoisotopic (exact) mass is 622 g/mol. The highest BCUT2D eigenvalue weighted by atomic mass is 35.5. The molecule has 1 aromatic heterocycles. The van der Waals surface area contributed by atoms with E-state index in [0.717, 1.165) is 17.8 Å². The number of nitrogens with zero attached hydrogens (tertiary/aromatic N) is 1. The summed E-state index contributed by atoms with van der Waals surface area (Å²) in [6, 6.07) is 17.6. The Morgan fingerprint density at radius 2 is 1.63 bits per heavy atom. The van der Waals surface area contributed by atoms with Gasteiger partial charge in [-0.15, -0.1) is 12.4 Å². The van der Waals surface area contributed by atoms with E-state index >= 15 is 0 Å². The SMILES string of the molecule is Cl.O=C(O)CC(NC(=O)C(COCc1ccccc1)NC(=O)CCCCNc1ccccn1)c1cc(Cl)cc(Cl)c1. The molecule has 0 aliphatic heterocycles. The lowest BCUT2D eigenvalue weighted by Crippen LogP contribution is -2.50. The van der Waals surface area contributed by atoms with Crippen LogP contribution in [0.3, 0.4) is 0 Å². The molecule has 0 saturated carbocycles. The Bertz CT molecular complexity index is 1230. The summed E-state index contributed by atoms with van der Waals surface area (Å²) in [4.78, 5) is 41.8. The Morgan fingerprint density at radius 1 is 0.927 bits per heavy atom. The van der Waals surface area contributed by atoms with Crippen LogP contribution in [-0.2, 0) is 25.7 Å². The number of hydrogen-bond donors (Lipinski definition) is 4. The minimum atomic E-state index is -1.12. The standard InChI is InChI=1S/C29H32Cl2N4O5.ClH/c30-22-14-21(15-23(31)16-22)24(17-28(37)38)35-29(39)25(19-40-18-20-8-2-1-3-9-20)34-27(36)11-5-7-13-33-26-10-4-6-12-32-26;/h1-4,6,8-10,12,14-16,24-25H,5,7,11,13,17-19H2,(H,32,33)(H,34,36)(H,35,39)(H,37,38);1H. The lowest BCUT2D eigenvalue weighted by atomic mass is 10.0. The van der Waals surface area contributed by atoms with Crippen molar-refractivity contribution in [3.8, 4) is 0 Å². The Labute approximate surface area is 255 Å². The average molecular weight is 624 g/mol. The van der Waals surface area contributed by atoms with Gasteiger partial charge in [0.25, 0.3) is 0 Å². The van der Waals surface area contributed by atoms with Gasteiger partial charge in [0.2, 0.25) is 11.8 Å². The summed E-state index contributed by atoms with van der Waals surface area (Å²) < 4.78 is 5.75. The summed E-state index contributed by atoms with van der Waals surface area (Å²) in [5.41, 5.74) is 1.34. The van der Waals surface area contributed by atoms with E-state index in [-0.39, 0.29) is 37.9 Å². The summed E-state index contributed by atoms with van der Waals surface area (Å²) in [5, 5.41) is 18.7. The maximum Gasteiger partial charge on any atom is 0.305 e. The van der Waals surface area contributed by atoms with Crippen LogP contribution in [0.4, 0.5) is 5.82 Å². The maximum absolute atomic E-state index is 13.3. The second-order valence-corrected chi connectivity index (χ2v) is 9.95. The Balaban J connectivity index is 0.00000588. The highest BCUT2D eigenvalue weighted by Crippen LogP contribution is 2.25. The molecule has 0 spiro atoms. The van der Waals surface area contributed by atoms with Gasteiger partial charge in [-0.3, -0.25) is 14.4 Å². The molecule has 0 bridgehead atoms. The van der Waals surface area contributed by atoms with Crippen LogP contribution < -0.4 is 16.0 Å². The number of unbranched alkanes of at least 4 members (excludes halogenated alkanes) is 1. The molecular weight excluding hydrogens is 591 g/mol. The van der Waals surface area contributed by atoms with Gasteiger partial charge in [-0.05, 0) is 54.3 Å². The van der Waals surface area contributed by atoms with Crippen LogP contribution >= 0.6 is 35.6 Å². The molecule has 41 heavy (non-hydrogen) atoms. The Kier molecular flexibility index (Phi) is 15.0. The summed E-state index contributed by atoms with van der Waals surface area (Å²) >= 11 is 12.2. The first-order chi connectivity index (χ1) is 19.3. The van der Waals surface area contributed by atoms with E-state index in [1.165, 1.54) is 6.07 Å². The van der Waals surface area contributed by atoms with Gasteiger partial charge in [0, 0.05) is 29.2 Å². The number of halogens is 3. The van der Waals surface area contributed by atoms with Crippen molar-refractivity contribution >= 4 is 59.2 Å². The molecule has 220 valence electrons. The fraction of sp³-hybridized carbons (Fsp3) is 0.310. The third-order valence-electron chi connectivity index (χ3n) is 5.83. The minimum absolute atomic E-state index is 0. The molecule has 9 nitrogen and oxygen atoms in total. The first-order valence-electron chi connectivity index (χ1n) is 12.8. The predicted octanol–water partition coefficient (Wildman–Crippen LogP) is 5.43. The van der Waals surface area contributed by atoms with E-state index < -0.39 is 30.4 Å². The summed E-state index contributed by atoms with van der Waals surface area (Å²) in [6.45, 7) is 0.777. The number of aliphatic carboxylic acids is 1. The third kappa shape index (κ3) is 12.8. The summed E-state index contributed by atoms with van der Waals surface area (Å²) in [5.74, 6) is -1.26. The highest BCUT2D eigenvalue weighted by Gasteiger charge is 2.26. The number of carboxylic acids is 1. The molecule has 4 N–H and O–H groups in total. The van der Waals surface area contributed by atoms with Crippen molar-refractivity contribution in [1.29, 1.82) is 0 Å². The first-order valence-corrected chi connectivity index (χ1v) is 13.6. The highest BCUT2D eigenvalue weighted by molar-refractivity contribution is 6.34. The van der Waals surface area contributed by atoms with Crippen molar-refractivity contribution in [3.05, 3.63) is 94.1 Å². The molecule has 2 amide bonds. The molecule has 0 aliphatic carbocycles. The fourth-order valence-electron chi connectivity index (χ4n) is 3.89. The molecule has 1 heterocycles. The number of benzene rings is 2. The van der Waals surface area contributed by atoms with Crippen LogP contribution in [-0.4, -0.2) is 47.1 Å². The second kappa shape index (κ2) is 18.1. The van der Waals surface area contributed by atoms with Gasteiger partial charge in [0.05, 0.1) is 25.7 Å². The van der Waals surface area contributed by atoms with E-state index in [1.807, 2.05) is 48.5 Å². The fourth-order valence-corrected chi connectivity index (χ4v) is 4.43. The predicted molar refractivity (Wildman–Crippen MR) is 161 cm³/mol. The van der Waals surface area contributed by atoms with Crippen molar-refractivity contribution < 1.29 is 24.2 Å². The molecule has 3 aromatic rings. The number of nitrogens with one attached hydrogen (secondary N) is 3. The molecule has 2 aromatic carbocycles. The van der Waals surface area contributed by atoms with Gasteiger partial charge in [0.15, 0.2) is 0 Å². The number of aromatic nitrogens is 1. The topological polar surface area (TPSA) is 130 Å². The lowest BCUT2D eigenvalue weighted by molar-refractivity contribution is -0.138. The minimum Gasteiger partial charge on any atom is -0.481 e. The van der Waals surface area contributed by atoms with E-state index in [2.05, 4.69) is 20.9 Å². The van der Waals surface area contributed by atoms with Crippen molar-refractivity contribution in [2.24, 2.45) is 0 Å². The van der Waals surface area contributed by atoms with Crippen molar-refractivity contribution in [3.63, 3.8) is 0 Å². The van der Waals surface area contributed by atoms with Crippen LogP contribution in [0.5, 0.6) is 0 Å². The first kappa shape index (κ1) is 33.8. The average Bonchev–Trinajstić information content (AvgIpc) is 2.92. The van der Waals surface area contributed by atoms with Crippen LogP contribution in [0.15, 0.2) is 72.9 Å². The zero-order chi connectivity index (χ0) is 28.7. The van der Waals surface area contributed by atoms with Crippen LogP contribution in [0.25, 0.3) is 0 Å². The number of ether oxygens (including phenoxy) is 1. The van der Waals surface area contributed by atoms with Gasteiger partial charge >= 0.3 is 5.97 Å². The van der Waals surface area contributed by atoms with E-state index in [9.17, 15) is 19.5 Å². The number of carbonyl (C=O) groups is 3. The quantitative estimate of drug-likeness (QED) is 0.157. The van der Waals surface area contributed by atoms with E-state index in [0.29, 0.717) is 28.6 Å². The lowest BCUT2D eigenvalue weighted by Gasteiger charge is -2.23. The number of anilines is 1. The smallest absolute Gasteiger partial charge is 0.305 e. The summed E-state index contributed by atoms with van der Waals surface area (Å²) in [7, 11) is 0. The molecule has 2 atom stereocenters. The van der Waals surface area contributed by atoms with E-state index in [1.54, 1.807) is 18.3 Å². The van der Waals surface area contributed by atoms with Gasteiger partial charge in [-0.25, -0.2) is 4.98 Å². The van der Waals surface area contributed by atoms with E-state index in [4.69, 9.17) is 27.9 Å². The molecule has 0 radical (unpaired) electrons. The molecule has 3 rings (SSSR count). The maximum atomic E-state index is 13.3. The van der Waals surface area contributed by atoms with Crippen molar-refractivity contribution in [2.75, 3.05) is 18.5 Å². The normalized spacial score (nSPS) is 12.0. The van der Waals surface area contributed by atoms with Gasteiger partial charge in [-0.1, -0.05) is 59.6 Å². The van der Waals surface area contributed by atoms with Gasteiger partial charge in [-0.2, -0.15) is 0 Å². The Hall–Kier alpha value is -3.37. The molecular formula is C29H33Cl3N4O5. The molecule has 0 saturated heterocycles. The molecule has 0 fully saturated rings. The van der Waals surface area contributed by atoms with Crippen LogP contribution in [0.1, 0.15) is 42.9 Å². The number of carboxylic acid groups (broad SMARTS) is 1. The van der Waals surface area contributed by atoms with Crippen molar-refractivity contribution in [1.82, 2.24) is 15.6 Å². The van der Waals surface area contributed by atoms with Gasteiger partial charge < -0.3 is 25.8 Å². The van der Waals surface area contributed by atoms with Crippen LogP contribution in [0.2, 0.25) is 10.0 Å². The number of amides is 2. The largest absolute Gasteiger partial charge is 0.481 e. The number of pyridine rings is 1. The number of carbonyl (C=O) groups excluding carboxylic acids is 2. The molecule has 2 unspecified atom stereocenters. The third-order valence-corrected chi connectivity index (χ3v) is 6.27. The molecule has 12 heteroatoms. The van der Waals surface area contributed by atoms with Gasteiger partial charge in [0.1, 0.15) is 11.9 Å². The van der Waals surface area contributed by atoms with Crippen LogP contribution in [0, 0.1) is 0 Å². The Morgan fingerprint density at radius 3 is 2.29 bits per heavy atom.